The number of hydrogen-bond donors (Lipinski definition) is 0. The molecule has 0 aliphatic carbocycles. The maximum Gasteiger partial charge on any atom is -0.0132 e. The van der Waals surface area contributed by atoms with Gasteiger partial charge in [-0.2, -0.15) is 0 Å². The van der Waals surface area contributed by atoms with Gasteiger partial charge < -0.3 is 0 Å². The SMILES string of the molecule is CC(C)(C)c1ccc2cc3ccc(C(C)(C)C)cc3cc2c1. The molecule has 22 heavy (non-hydrogen) atoms. The largest absolute Gasteiger partial charge is 0.0579 e. The van der Waals surface area contributed by atoms with Crippen molar-refractivity contribution in [1.29, 1.82) is 0 Å². The van der Waals surface area contributed by atoms with Crippen molar-refractivity contribution in [3.63, 3.8) is 0 Å². The highest BCUT2D eigenvalue weighted by molar-refractivity contribution is 5.98. The van der Waals surface area contributed by atoms with Crippen LogP contribution in [0.15, 0.2) is 48.5 Å². The summed E-state index contributed by atoms with van der Waals surface area (Å²) in [6, 6.07) is 18.4. The van der Waals surface area contributed by atoms with Crippen LogP contribution in [-0.4, -0.2) is 0 Å². The first-order chi connectivity index (χ1) is 10.1. The zero-order valence-electron chi connectivity index (χ0n) is 14.6. The molecule has 0 aromatic heterocycles. The van der Waals surface area contributed by atoms with Crippen LogP contribution >= 0.6 is 0 Å². The molecule has 0 aliphatic heterocycles. The van der Waals surface area contributed by atoms with Gasteiger partial charge in [-0.15, -0.1) is 0 Å². The first-order valence-electron chi connectivity index (χ1n) is 8.13. The quantitative estimate of drug-likeness (QED) is 0.410. The summed E-state index contributed by atoms with van der Waals surface area (Å²) in [5.41, 5.74) is 3.17. The zero-order chi connectivity index (χ0) is 16.1. The van der Waals surface area contributed by atoms with Crippen LogP contribution in [0.25, 0.3) is 21.5 Å². The lowest BCUT2D eigenvalue weighted by Crippen LogP contribution is -2.11. The Labute approximate surface area is 134 Å². The molecule has 3 aromatic rings. The third-order valence-electron chi connectivity index (χ3n) is 4.53. The summed E-state index contributed by atoms with van der Waals surface area (Å²) in [5, 5.41) is 5.32. The van der Waals surface area contributed by atoms with Crippen LogP contribution in [0, 0.1) is 0 Å². The lowest BCUT2D eigenvalue weighted by atomic mass is 9.84. The molecule has 0 saturated carbocycles. The van der Waals surface area contributed by atoms with Crippen molar-refractivity contribution in [2.24, 2.45) is 0 Å². The fourth-order valence-corrected chi connectivity index (χ4v) is 2.93. The first-order valence-corrected chi connectivity index (χ1v) is 8.13. The number of hydrogen-bond acceptors (Lipinski definition) is 0. The molecule has 0 amide bonds. The van der Waals surface area contributed by atoms with Crippen molar-refractivity contribution in [3.8, 4) is 0 Å². The van der Waals surface area contributed by atoms with E-state index in [1.165, 1.54) is 32.7 Å². The van der Waals surface area contributed by atoms with Crippen molar-refractivity contribution in [3.05, 3.63) is 59.7 Å². The third kappa shape index (κ3) is 2.75. The molecule has 0 N–H and O–H groups in total. The van der Waals surface area contributed by atoms with E-state index in [1.54, 1.807) is 0 Å². The molecule has 3 rings (SSSR count). The van der Waals surface area contributed by atoms with Crippen molar-refractivity contribution < 1.29 is 0 Å². The molecule has 0 radical (unpaired) electrons. The second kappa shape index (κ2) is 4.84. The monoisotopic (exact) mass is 290 g/mol. The predicted octanol–water partition coefficient (Wildman–Crippen LogP) is 6.59. The van der Waals surface area contributed by atoms with Gasteiger partial charge in [-0.1, -0.05) is 77.9 Å². The van der Waals surface area contributed by atoms with Crippen LogP contribution in [0.1, 0.15) is 52.7 Å². The normalized spacial score (nSPS) is 13.0. The van der Waals surface area contributed by atoms with Gasteiger partial charge in [0.25, 0.3) is 0 Å². The van der Waals surface area contributed by atoms with Gasteiger partial charge >= 0.3 is 0 Å². The first kappa shape index (κ1) is 15.1. The molecule has 114 valence electrons. The minimum atomic E-state index is 0.191. The van der Waals surface area contributed by atoms with E-state index in [0.29, 0.717) is 0 Å². The highest BCUT2D eigenvalue weighted by Gasteiger charge is 2.15. The van der Waals surface area contributed by atoms with Crippen LogP contribution in [0.2, 0.25) is 0 Å². The Kier molecular flexibility index (Phi) is 3.32. The predicted molar refractivity (Wildman–Crippen MR) is 98.9 cm³/mol. The van der Waals surface area contributed by atoms with Gasteiger partial charge in [0.1, 0.15) is 0 Å². The zero-order valence-corrected chi connectivity index (χ0v) is 14.6. The molecule has 0 bridgehead atoms. The number of benzene rings is 3. The summed E-state index contributed by atoms with van der Waals surface area (Å²) >= 11 is 0. The molecule has 0 aliphatic rings. The summed E-state index contributed by atoms with van der Waals surface area (Å²) in [4.78, 5) is 0. The molecule has 0 heterocycles. The fourth-order valence-electron chi connectivity index (χ4n) is 2.93. The minimum absolute atomic E-state index is 0.191. The van der Waals surface area contributed by atoms with Gasteiger partial charge in [0.15, 0.2) is 0 Å². The highest BCUT2D eigenvalue weighted by Crippen LogP contribution is 2.31. The van der Waals surface area contributed by atoms with E-state index in [-0.39, 0.29) is 10.8 Å². The Morgan fingerprint density at radius 1 is 0.455 bits per heavy atom. The summed E-state index contributed by atoms with van der Waals surface area (Å²) in [6.07, 6.45) is 0. The van der Waals surface area contributed by atoms with Crippen LogP contribution in [-0.2, 0) is 10.8 Å². The lowest BCUT2D eigenvalue weighted by Gasteiger charge is -2.21. The van der Waals surface area contributed by atoms with E-state index in [2.05, 4.69) is 90.1 Å². The van der Waals surface area contributed by atoms with Gasteiger partial charge in [-0.05, 0) is 55.6 Å². The Balaban J connectivity index is 2.24. The molecule has 0 nitrogen and oxygen atoms in total. The number of fused-ring (bicyclic) bond motifs is 2. The Hall–Kier alpha value is -1.82. The minimum Gasteiger partial charge on any atom is -0.0579 e. The van der Waals surface area contributed by atoms with Crippen molar-refractivity contribution in [2.75, 3.05) is 0 Å². The van der Waals surface area contributed by atoms with Gasteiger partial charge in [0, 0.05) is 0 Å². The average Bonchev–Trinajstić information content (AvgIpc) is 2.41. The third-order valence-corrected chi connectivity index (χ3v) is 4.53. The molecule has 0 saturated heterocycles. The van der Waals surface area contributed by atoms with Crippen LogP contribution in [0.5, 0.6) is 0 Å². The van der Waals surface area contributed by atoms with E-state index in [9.17, 15) is 0 Å². The molecular formula is C22H26. The van der Waals surface area contributed by atoms with Gasteiger partial charge in [0.05, 0.1) is 0 Å². The summed E-state index contributed by atoms with van der Waals surface area (Å²) in [5.74, 6) is 0. The van der Waals surface area contributed by atoms with Gasteiger partial charge in [0.2, 0.25) is 0 Å². The molecule has 0 spiro atoms. The molecule has 0 atom stereocenters. The Morgan fingerprint density at radius 2 is 0.818 bits per heavy atom. The molecular weight excluding hydrogens is 264 g/mol. The average molecular weight is 290 g/mol. The van der Waals surface area contributed by atoms with Crippen molar-refractivity contribution in [1.82, 2.24) is 0 Å². The maximum absolute atomic E-state index is 2.35. The lowest BCUT2D eigenvalue weighted by molar-refractivity contribution is 0.591. The maximum atomic E-state index is 2.35. The van der Waals surface area contributed by atoms with E-state index in [4.69, 9.17) is 0 Å². The van der Waals surface area contributed by atoms with E-state index in [0.717, 1.165) is 0 Å². The van der Waals surface area contributed by atoms with Gasteiger partial charge in [-0.25, -0.2) is 0 Å². The smallest absolute Gasteiger partial charge is 0.0132 e. The number of rotatable bonds is 0. The fraction of sp³-hybridized carbons (Fsp3) is 0.364. The van der Waals surface area contributed by atoms with Crippen LogP contribution in [0.3, 0.4) is 0 Å². The molecule has 0 fully saturated rings. The van der Waals surface area contributed by atoms with Crippen molar-refractivity contribution in [2.45, 2.75) is 52.4 Å². The Morgan fingerprint density at radius 3 is 1.18 bits per heavy atom. The topological polar surface area (TPSA) is 0 Å². The summed E-state index contributed by atoms with van der Waals surface area (Å²) in [6.45, 7) is 13.6. The second-order valence-corrected chi connectivity index (χ2v) is 8.48. The van der Waals surface area contributed by atoms with E-state index >= 15 is 0 Å². The molecule has 3 aromatic carbocycles. The van der Waals surface area contributed by atoms with Crippen LogP contribution in [0.4, 0.5) is 0 Å². The van der Waals surface area contributed by atoms with Crippen LogP contribution < -0.4 is 0 Å². The van der Waals surface area contributed by atoms with Crippen molar-refractivity contribution >= 4 is 21.5 Å². The van der Waals surface area contributed by atoms with Gasteiger partial charge in [-0.3, -0.25) is 0 Å². The van der Waals surface area contributed by atoms with E-state index in [1.807, 2.05) is 0 Å². The Bertz CT molecular complexity index is 770. The summed E-state index contributed by atoms with van der Waals surface area (Å²) < 4.78 is 0. The molecule has 0 heteroatoms. The standard InChI is InChI=1S/C22H26/c1-21(2,3)19-9-7-15-11-16-8-10-20(22(4,5)6)14-18(16)12-17(15)13-19/h7-14H,1-6H3. The highest BCUT2D eigenvalue weighted by atomic mass is 14.2. The van der Waals surface area contributed by atoms with E-state index < -0.39 is 0 Å². The summed E-state index contributed by atoms with van der Waals surface area (Å²) in [7, 11) is 0. The second-order valence-electron chi connectivity index (χ2n) is 8.48. The molecule has 0 unspecified atom stereocenters.